The smallest absolute Gasteiger partial charge is 0.209 e. The van der Waals surface area contributed by atoms with Gasteiger partial charge in [-0.3, -0.25) is 9.89 Å². The van der Waals surface area contributed by atoms with Crippen LogP contribution in [0.1, 0.15) is 21.2 Å². The zero-order valence-electron chi connectivity index (χ0n) is 13.7. The van der Waals surface area contributed by atoms with E-state index in [0.717, 1.165) is 16.3 Å². The molecule has 0 aliphatic carbocycles. The summed E-state index contributed by atoms with van der Waals surface area (Å²) in [5.41, 5.74) is 1.62. The number of thiophene rings is 1. The van der Waals surface area contributed by atoms with Crippen molar-refractivity contribution < 1.29 is 4.79 Å². The highest BCUT2D eigenvalue weighted by Gasteiger charge is 2.25. The SMILES string of the molecule is O=C(c1ccccc1)[C@H](Sc1n[nH]c(-c2cccs2)n1)c1ccccc1. The third kappa shape index (κ3) is 3.61. The van der Waals surface area contributed by atoms with Crippen LogP contribution in [0.15, 0.2) is 83.3 Å². The molecule has 26 heavy (non-hydrogen) atoms. The summed E-state index contributed by atoms with van der Waals surface area (Å²) in [6.45, 7) is 0. The number of hydrogen-bond donors (Lipinski definition) is 1. The van der Waals surface area contributed by atoms with Gasteiger partial charge < -0.3 is 0 Å². The number of aromatic nitrogens is 3. The lowest BCUT2D eigenvalue weighted by Gasteiger charge is -2.14. The highest BCUT2D eigenvalue weighted by molar-refractivity contribution is 8.00. The molecule has 0 saturated heterocycles. The van der Waals surface area contributed by atoms with Crippen molar-refractivity contribution in [1.82, 2.24) is 15.2 Å². The summed E-state index contributed by atoms with van der Waals surface area (Å²) in [4.78, 5) is 18.7. The highest BCUT2D eigenvalue weighted by atomic mass is 32.2. The van der Waals surface area contributed by atoms with Crippen molar-refractivity contribution in [2.45, 2.75) is 10.4 Å². The third-order valence-corrected chi connectivity index (χ3v) is 5.83. The van der Waals surface area contributed by atoms with E-state index in [-0.39, 0.29) is 5.78 Å². The molecule has 0 aliphatic heterocycles. The van der Waals surface area contributed by atoms with E-state index >= 15 is 0 Å². The van der Waals surface area contributed by atoms with Crippen LogP contribution < -0.4 is 0 Å². The molecule has 1 N–H and O–H groups in total. The van der Waals surface area contributed by atoms with Crippen LogP contribution in [0.2, 0.25) is 0 Å². The highest BCUT2D eigenvalue weighted by Crippen LogP contribution is 2.37. The Hall–Kier alpha value is -2.70. The largest absolute Gasteiger partial charge is 0.293 e. The molecule has 4 aromatic rings. The van der Waals surface area contributed by atoms with Gasteiger partial charge in [0.05, 0.1) is 4.88 Å². The third-order valence-electron chi connectivity index (χ3n) is 3.84. The lowest BCUT2D eigenvalue weighted by Crippen LogP contribution is -2.10. The number of rotatable bonds is 6. The van der Waals surface area contributed by atoms with Crippen LogP contribution in [-0.4, -0.2) is 21.0 Å². The monoisotopic (exact) mass is 377 g/mol. The summed E-state index contributed by atoms with van der Waals surface area (Å²) in [6.07, 6.45) is 0. The summed E-state index contributed by atoms with van der Waals surface area (Å²) >= 11 is 2.96. The minimum absolute atomic E-state index is 0.0456. The van der Waals surface area contributed by atoms with Gasteiger partial charge in [-0.1, -0.05) is 78.5 Å². The summed E-state index contributed by atoms with van der Waals surface area (Å²) in [5.74, 6) is 0.769. The fourth-order valence-electron chi connectivity index (χ4n) is 2.58. The first-order valence-corrected chi connectivity index (χ1v) is 9.84. The van der Waals surface area contributed by atoms with Gasteiger partial charge in [0, 0.05) is 5.56 Å². The first kappa shape index (κ1) is 16.8. The van der Waals surface area contributed by atoms with Gasteiger partial charge >= 0.3 is 0 Å². The van der Waals surface area contributed by atoms with E-state index in [0.29, 0.717) is 10.7 Å². The first-order chi connectivity index (χ1) is 12.8. The number of H-pyrrole nitrogens is 1. The van der Waals surface area contributed by atoms with Crippen LogP contribution >= 0.6 is 23.1 Å². The fourth-order valence-corrected chi connectivity index (χ4v) is 4.24. The predicted octanol–water partition coefficient (Wildman–Crippen LogP) is 5.25. The predicted molar refractivity (Wildman–Crippen MR) is 106 cm³/mol. The summed E-state index contributed by atoms with van der Waals surface area (Å²) in [5, 5.41) is 9.42. The molecule has 0 spiro atoms. The first-order valence-electron chi connectivity index (χ1n) is 8.08. The molecule has 0 bridgehead atoms. The van der Waals surface area contributed by atoms with E-state index in [1.165, 1.54) is 11.8 Å². The molecule has 0 saturated carbocycles. The van der Waals surface area contributed by atoms with E-state index in [1.54, 1.807) is 11.3 Å². The zero-order valence-corrected chi connectivity index (χ0v) is 15.3. The second-order valence-electron chi connectivity index (χ2n) is 5.58. The Morgan fingerprint density at radius 2 is 1.69 bits per heavy atom. The summed E-state index contributed by atoms with van der Waals surface area (Å²) < 4.78 is 0. The maximum Gasteiger partial charge on any atom is 0.209 e. The van der Waals surface area contributed by atoms with E-state index < -0.39 is 5.25 Å². The van der Waals surface area contributed by atoms with Crippen molar-refractivity contribution in [2.75, 3.05) is 0 Å². The number of aromatic amines is 1. The van der Waals surface area contributed by atoms with E-state index in [4.69, 9.17) is 0 Å². The molecule has 4 nitrogen and oxygen atoms in total. The number of nitrogens with zero attached hydrogens (tertiary/aromatic N) is 2. The van der Waals surface area contributed by atoms with Gasteiger partial charge in [0.2, 0.25) is 5.16 Å². The number of hydrogen-bond acceptors (Lipinski definition) is 5. The lowest BCUT2D eigenvalue weighted by molar-refractivity contribution is 0.0989. The molecule has 0 amide bonds. The van der Waals surface area contributed by atoms with Crippen molar-refractivity contribution in [3.8, 4) is 10.7 Å². The molecular weight excluding hydrogens is 362 g/mol. The molecular formula is C20H15N3OS2. The normalized spacial score (nSPS) is 12.0. The maximum absolute atomic E-state index is 13.1. The number of carbonyl (C=O) groups excluding carboxylic acids is 1. The van der Waals surface area contributed by atoms with E-state index in [2.05, 4.69) is 15.2 Å². The zero-order chi connectivity index (χ0) is 17.8. The molecule has 2 aromatic carbocycles. The Kier molecular flexibility index (Phi) is 4.95. The second kappa shape index (κ2) is 7.68. The number of ketones is 1. The van der Waals surface area contributed by atoms with Crippen molar-refractivity contribution in [2.24, 2.45) is 0 Å². The lowest BCUT2D eigenvalue weighted by atomic mass is 10.0. The Morgan fingerprint density at radius 3 is 2.38 bits per heavy atom. The van der Waals surface area contributed by atoms with Crippen LogP contribution in [-0.2, 0) is 0 Å². The van der Waals surface area contributed by atoms with Crippen LogP contribution in [0, 0.1) is 0 Å². The van der Waals surface area contributed by atoms with Crippen LogP contribution in [0.5, 0.6) is 0 Å². The minimum atomic E-state index is -0.398. The quantitative estimate of drug-likeness (QED) is 0.368. The van der Waals surface area contributed by atoms with Gasteiger partial charge in [-0.05, 0) is 17.0 Å². The topological polar surface area (TPSA) is 58.6 Å². The van der Waals surface area contributed by atoms with Crippen molar-refractivity contribution in [1.29, 1.82) is 0 Å². The van der Waals surface area contributed by atoms with Gasteiger partial charge in [0.1, 0.15) is 5.25 Å². The van der Waals surface area contributed by atoms with Crippen LogP contribution in [0.3, 0.4) is 0 Å². The van der Waals surface area contributed by atoms with Gasteiger partial charge in [0.25, 0.3) is 0 Å². The van der Waals surface area contributed by atoms with Gasteiger partial charge in [-0.2, -0.15) is 0 Å². The molecule has 2 aromatic heterocycles. The van der Waals surface area contributed by atoms with Gasteiger partial charge in [0.15, 0.2) is 11.6 Å². The second-order valence-corrected chi connectivity index (χ2v) is 7.60. The average molecular weight is 377 g/mol. The van der Waals surface area contributed by atoms with Gasteiger partial charge in [-0.15, -0.1) is 16.4 Å². The minimum Gasteiger partial charge on any atom is -0.293 e. The number of nitrogens with one attached hydrogen (secondary N) is 1. The Morgan fingerprint density at radius 1 is 0.962 bits per heavy atom. The Bertz CT molecular complexity index is 982. The average Bonchev–Trinajstić information content (AvgIpc) is 3.39. The van der Waals surface area contributed by atoms with Crippen LogP contribution in [0.4, 0.5) is 0 Å². The number of Topliss-reactive ketones (excluding diaryl/α,β-unsaturated/α-hetero) is 1. The van der Waals surface area contributed by atoms with Gasteiger partial charge in [-0.25, -0.2) is 4.98 Å². The Balaban J connectivity index is 1.65. The maximum atomic E-state index is 13.1. The number of benzene rings is 2. The molecule has 0 unspecified atom stereocenters. The molecule has 6 heteroatoms. The number of carbonyl (C=O) groups is 1. The van der Waals surface area contributed by atoms with Crippen molar-refractivity contribution in [3.63, 3.8) is 0 Å². The van der Waals surface area contributed by atoms with E-state index in [1.807, 2.05) is 78.2 Å². The van der Waals surface area contributed by atoms with E-state index in [9.17, 15) is 4.79 Å². The molecule has 0 radical (unpaired) electrons. The molecule has 4 rings (SSSR count). The molecule has 0 aliphatic rings. The van der Waals surface area contributed by atoms with Crippen molar-refractivity contribution >= 4 is 28.9 Å². The Labute approximate surface area is 159 Å². The molecule has 128 valence electrons. The van der Waals surface area contributed by atoms with Crippen molar-refractivity contribution in [3.05, 3.63) is 89.3 Å². The summed E-state index contributed by atoms with van der Waals surface area (Å²) in [7, 11) is 0. The molecule has 0 fully saturated rings. The standard InChI is InChI=1S/C20H15N3OS2/c24-17(14-8-3-1-4-9-14)18(15-10-5-2-6-11-15)26-20-21-19(22-23-20)16-12-7-13-25-16/h1-13,18H,(H,21,22,23)/t18-/m1/s1. The van der Waals surface area contributed by atoms with Crippen LogP contribution in [0.25, 0.3) is 10.7 Å². The summed E-state index contributed by atoms with van der Waals surface area (Å²) in [6, 6.07) is 23.1. The molecule has 1 atom stereocenters. The number of thioether (sulfide) groups is 1. The molecule has 2 heterocycles. The fraction of sp³-hybridized carbons (Fsp3) is 0.0500.